The molecule has 1 aromatic heterocycles. The largest absolute Gasteiger partial charge is 0.478 e. The predicted octanol–water partition coefficient (Wildman–Crippen LogP) is 2.96. The van der Waals surface area contributed by atoms with Crippen LogP contribution in [0.3, 0.4) is 0 Å². The third kappa shape index (κ3) is 1.74. The van der Waals surface area contributed by atoms with Crippen molar-refractivity contribution in [3.63, 3.8) is 0 Å². The van der Waals surface area contributed by atoms with E-state index in [0.717, 1.165) is 14.4 Å². The van der Waals surface area contributed by atoms with Crippen LogP contribution >= 0.6 is 15.9 Å². The van der Waals surface area contributed by atoms with Crippen LogP contribution in [-0.4, -0.2) is 15.6 Å². The molecule has 3 nitrogen and oxygen atoms in total. The van der Waals surface area contributed by atoms with E-state index in [-0.39, 0.29) is 0 Å². The maximum Gasteiger partial charge on any atom is 0.359 e. The zero-order chi connectivity index (χ0) is 11.0. The molecule has 78 valence electrons. The van der Waals surface area contributed by atoms with Crippen molar-refractivity contribution in [3.05, 3.63) is 34.9 Å². The highest BCUT2D eigenvalue weighted by Crippen LogP contribution is 2.24. The van der Waals surface area contributed by atoms with E-state index in [1.807, 2.05) is 6.07 Å². The van der Waals surface area contributed by atoms with Crippen molar-refractivity contribution in [3.8, 4) is 0 Å². The number of alkyl halides is 1. The van der Waals surface area contributed by atoms with Gasteiger partial charge in [-0.2, -0.15) is 0 Å². The molecule has 0 fully saturated rings. The summed E-state index contributed by atoms with van der Waals surface area (Å²) in [7, 11) is 0. The average Bonchev–Trinajstić information content (AvgIpc) is 2.59. The van der Waals surface area contributed by atoms with Crippen molar-refractivity contribution in [1.82, 2.24) is 4.57 Å². The van der Waals surface area contributed by atoms with Gasteiger partial charge in [0.15, 0.2) is 0 Å². The number of rotatable bonds is 2. The van der Waals surface area contributed by atoms with Gasteiger partial charge in [-0.05, 0) is 23.6 Å². The van der Waals surface area contributed by atoms with E-state index in [1.165, 1.54) is 6.20 Å². The van der Waals surface area contributed by atoms with Gasteiger partial charge in [-0.25, -0.2) is 9.18 Å². The number of carbonyl (C=O) groups is 1. The third-order valence-corrected chi connectivity index (χ3v) is 2.63. The fourth-order valence-electron chi connectivity index (χ4n) is 1.44. The van der Waals surface area contributed by atoms with Crippen LogP contribution in [0.5, 0.6) is 0 Å². The van der Waals surface area contributed by atoms with E-state index in [1.54, 1.807) is 18.2 Å². The Morgan fingerprint density at radius 3 is 2.87 bits per heavy atom. The maximum atomic E-state index is 13.3. The monoisotopic (exact) mass is 271 g/mol. The molecular weight excluding hydrogens is 265 g/mol. The third-order valence-electron chi connectivity index (χ3n) is 2.13. The first-order chi connectivity index (χ1) is 7.09. The standard InChI is InChI=1S/C10H7BrFNO2/c11-7-2-1-6-3-4-13(8(6)5-7)9(12)10(14)15/h1-5,9H,(H,14,15). The van der Waals surface area contributed by atoms with Crippen molar-refractivity contribution in [2.75, 3.05) is 0 Å². The highest BCUT2D eigenvalue weighted by molar-refractivity contribution is 9.10. The molecule has 0 spiro atoms. The van der Waals surface area contributed by atoms with Crippen molar-refractivity contribution < 1.29 is 14.3 Å². The predicted molar refractivity (Wildman–Crippen MR) is 57.4 cm³/mol. The molecule has 2 aromatic rings. The summed E-state index contributed by atoms with van der Waals surface area (Å²) in [5.74, 6) is -1.49. The smallest absolute Gasteiger partial charge is 0.359 e. The van der Waals surface area contributed by atoms with E-state index in [2.05, 4.69) is 15.9 Å². The fourth-order valence-corrected chi connectivity index (χ4v) is 1.79. The Labute approximate surface area is 93.3 Å². The van der Waals surface area contributed by atoms with Crippen molar-refractivity contribution in [2.24, 2.45) is 0 Å². The molecule has 0 aliphatic carbocycles. The number of benzene rings is 1. The first-order valence-corrected chi connectivity index (χ1v) is 5.02. The van der Waals surface area contributed by atoms with Crippen LogP contribution in [0.2, 0.25) is 0 Å². The van der Waals surface area contributed by atoms with Gasteiger partial charge < -0.3 is 9.67 Å². The summed E-state index contributed by atoms with van der Waals surface area (Å²) in [4.78, 5) is 10.5. The number of nitrogens with zero attached hydrogens (tertiary/aromatic N) is 1. The van der Waals surface area contributed by atoms with Gasteiger partial charge in [-0.15, -0.1) is 0 Å². The number of hydrogen-bond donors (Lipinski definition) is 1. The molecule has 2 rings (SSSR count). The lowest BCUT2D eigenvalue weighted by Gasteiger charge is -2.06. The molecule has 0 amide bonds. The Balaban J connectivity index is 2.61. The van der Waals surface area contributed by atoms with Gasteiger partial charge >= 0.3 is 5.97 Å². The number of halogens is 2. The van der Waals surface area contributed by atoms with Crippen LogP contribution in [0.25, 0.3) is 10.9 Å². The molecule has 15 heavy (non-hydrogen) atoms. The SMILES string of the molecule is O=C(O)C(F)n1ccc2ccc(Br)cc21. The van der Waals surface area contributed by atoms with Crippen LogP contribution in [0.4, 0.5) is 4.39 Å². The molecule has 1 atom stereocenters. The van der Waals surface area contributed by atoms with Crippen LogP contribution in [0, 0.1) is 0 Å². The van der Waals surface area contributed by atoms with E-state index < -0.39 is 12.3 Å². The average molecular weight is 272 g/mol. The molecular formula is C10H7BrFNO2. The minimum absolute atomic E-state index is 0.555. The minimum Gasteiger partial charge on any atom is -0.478 e. The van der Waals surface area contributed by atoms with Crippen molar-refractivity contribution >= 4 is 32.8 Å². The van der Waals surface area contributed by atoms with E-state index >= 15 is 0 Å². The van der Waals surface area contributed by atoms with Gasteiger partial charge in [0.2, 0.25) is 0 Å². The molecule has 0 saturated heterocycles. The molecule has 1 unspecified atom stereocenters. The fraction of sp³-hybridized carbons (Fsp3) is 0.100. The van der Waals surface area contributed by atoms with Gasteiger partial charge in [0.05, 0.1) is 5.52 Å². The summed E-state index contributed by atoms with van der Waals surface area (Å²) in [6.45, 7) is 0. The first kappa shape index (κ1) is 10.2. The highest BCUT2D eigenvalue weighted by Gasteiger charge is 2.19. The molecule has 1 N–H and O–H groups in total. The maximum absolute atomic E-state index is 13.3. The van der Waals surface area contributed by atoms with Gasteiger partial charge in [-0.3, -0.25) is 0 Å². The first-order valence-electron chi connectivity index (χ1n) is 4.22. The van der Waals surface area contributed by atoms with Crippen LogP contribution in [0.1, 0.15) is 6.30 Å². The normalized spacial score (nSPS) is 12.9. The second-order valence-electron chi connectivity index (χ2n) is 3.10. The number of aliphatic carboxylic acids is 1. The van der Waals surface area contributed by atoms with Crippen LogP contribution in [-0.2, 0) is 4.79 Å². The summed E-state index contributed by atoms with van der Waals surface area (Å²) in [6.07, 6.45) is -0.618. The van der Waals surface area contributed by atoms with Crippen molar-refractivity contribution in [1.29, 1.82) is 0 Å². The molecule has 1 heterocycles. The lowest BCUT2D eigenvalue weighted by molar-refractivity contribution is -0.146. The highest BCUT2D eigenvalue weighted by atomic mass is 79.9. The zero-order valence-corrected chi connectivity index (χ0v) is 9.11. The second-order valence-corrected chi connectivity index (χ2v) is 4.02. The number of hydrogen-bond acceptors (Lipinski definition) is 1. The van der Waals surface area contributed by atoms with Gasteiger partial charge in [0, 0.05) is 10.7 Å². The minimum atomic E-state index is -2.04. The lowest BCUT2D eigenvalue weighted by atomic mass is 10.2. The van der Waals surface area contributed by atoms with Gasteiger partial charge in [0.25, 0.3) is 6.30 Å². The molecule has 0 aliphatic rings. The summed E-state index contributed by atoms with van der Waals surface area (Å²) in [5.41, 5.74) is 0.555. The lowest BCUT2D eigenvalue weighted by Crippen LogP contribution is -2.12. The Bertz CT molecular complexity index is 523. The summed E-state index contributed by atoms with van der Waals surface area (Å²) < 4.78 is 15.2. The molecule has 0 bridgehead atoms. The van der Waals surface area contributed by atoms with Gasteiger partial charge in [-0.1, -0.05) is 22.0 Å². The number of aromatic nitrogens is 1. The molecule has 0 radical (unpaired) electrons. The Morgan fingerprint density at radius 2 is 2.20 bits per heavy atom. The van der Waals surface area contributed by atoms with Crippen molar-refractivity contribution in [2.45, 2.75) is 6.30 Å². The summed E-state index contributed by atoms with van der Waals surface area (Å²) >= 11 is 3.25. The number of carboxylic acids is 1. The Kier molecular flexibility index (Phi) is 2.48. The van der Waals surface area contributed by atoms with E-state index in [4.69, 9.17) is 5.11 Å². The molecule has 5 heteroatoms. The summed E-state index contributed by atoms with van der Waals surface area (Å²) in [5, 5.41) is 9.38. The second kappa shape index (κ2) is 3.66. The molecule has 1 aromatic carbocycles. The number of carboxylic acid groups (broad SMARTS) is 1. The molecule has 0 aliphatic heterocycles. The van der Waals surface area contributed by atoms with Crippen LogP contribution in [0.15, 0.2) is 34.9 Å². The summed E-state index contributed by atoms with van der Waals surface area (Å²) in [6, 6.07) is 6.98. The van der Waals surface area contributed by atoms with E-state index in [9.17, 15) is 9.18 Å². The molecule has 0 saturated carbocycles. The Hall–Kier alpha value is -1.36. The van der Waals surface area contributed by atoms with Crippen LogP contribution < -0.4 is 0 Å². The van der Waals surface area contributed by atoms with Gasteiger partial charge in [0.1, 0.15) is 0 Å². The number of fused-ring (bicyclic) bond motifs is 1. The quantitative estimate of drug-likeness (QED) is 0.913. The Morgan fingerprint density at radius 1 is 1.47 bits per heavy atom. The zero-order valence-electron chi connectivity index (χ0n) is 7.52. The topological polar surface area (TPSA) is 42.2 Å². The van der Waals surface area contributed by atoms with E-state index in [0.29, 0.717) is 5.52 Å².